The minimum Gasteiger partial charge on any atom is -0.480 e. The van der Waals surface area contributed by atoms with Crippen LogP contribution in [0.2, 0.25) is 0 Å². The molecule has 2 N–H and O–H groups in total. The van der Waals surface area contributed by atoms with Gasteiger partial charge in [0.1, 0.15) is 17.7 Å². The van der Waals surface area contributed by atoms with Gasteiger partial charge in [0.15, 0.2) is 0 Å². The zero-order valence-corrected chi connectivity index (χ0v) is 14.9. The summed E-state index contributed by atoms with van der Waals surface area (Å²) >= 11 is 0. The molecular weight excluding hydrogens is 324 g/mol. The van der Waals surface area contributed by atoms with Crippen molar-refractivity contribution < 1.29 is 24.2 Å². The molecule has 0 aromatic heterocycles. The fraction of sp³-hybridized carbons (Fsp3) is 0.500. The molecule has 0 aliphatic carbocycles. The highest BCUT2D eigenvalue weighted by Gasteiger charge is 2.36. The second-order valence-electron chi connectivity index (χ2n) is 7.16. The van der Waals surface area contributed by atoms with Gasteiger partial charge in [-0.3, -0.25) is 4.79 Å². The van der Waals surface area contributed by atoms with Crippen molar-refractivity contribution in [3.05, 3.63) is 35.4 Å². The predicted molar refractivity (Wildman–Crippen MR) is 91.0 cm³/mol. The van der Waals surface area contributed by atoms with Crippen LogP contribution in [0, 0.1) is 0 Å². The molecule has 1 aromatic rings. The van der Waals surface area contributed by atoms with E-state index in [9.17, 15) is 19.5 Å². The number of hydrogen-bond acceptors (Lipinski definition) is 4. The molecular formula is C18H24N2O5. The van der Waals surface area contributed by atoms with E-state index in [0.29, 0.717) is 0 Å². The number of hydrogen-bond donors (Lipinski definition) is 2. The van der Waals surface area contributed by atoms with Crippen molar-refractivity contribution in [2.45, 2.75) is 58.3 Å². The van der Waals surface area contributed by atoms with Gasteiger partial charge in [-0.1, -0.05) is 24.3 Å². The van der Waals surface area contributed by atoms with E-state index in [1.165, 1.54) is 11.8 Å². The van der Waals surface area contributed by atoms with Crippen LogP contribution in [0.4, 0.5) is 4.79 Å². The van der Waals surface area contributed by atoms with E-state index >= 15 is 0 Å². The van der Waals surface area contributed by atoms with E-state index in [1.807, 2.05) is 24.3 Å². The van der Waals surface area contributed by atoms with Crippen molar-refractivity contribution in [1.29, 1.82) is 0 Å². The first kappa shape index (κ1) is 18.8. The van der Waals surface area contributed by atoms with Crippen molar-refractivity contribution in [3.63, 3.8) is 0 Å². The first-order chi connectivity index (χ1) is 11.6. The molecule has 1 aromatic carbocycles. The Morgan fingerprint density at radius 2 is 1.84 bits per heavy atom. The lowest BCUT2D eigenvalue weighted by Crippen LogP contribution is -2.55. The number of nitrogens with zero attached hydrogens (tertiary/aromatic N) is 1. The van der Waals surface area contributed by atoms with Crippen LogP contribution >= 0.6 is 0 Å². The molecule has 2 atom stereocenters. The van der Waals surface area contributed by atoms with Gasteiger partial charge in [0.2, 0.25) is 5.91 Å². The number of carboxylic acid groups (broad SMARTS) is 1. The number of rotatable bonds is 3. The van der Waals surface area contributed by atoms with Gasteiger partial charge in [0.25, 0.3) is 0 Å². The van der Waals surface area contributed by atoms with Crippen molar-refractivity contribution in [3.8, 4) is 0 Å². The Morgan fingerprint density at radius 3 is 2.40 bits per heavy atom. The molecule has 1 aliphatic heterocycles. The van der Waals surface area contributed by atoms with Gasteiger partial charge in [0.05, 0.1) is 0 Å². The Morgan fingerprint density at radius 1 is 1.24 bits per heavy atom. The summed E-state index contributed by atoms with van der Waals surface area (Å²) in [5.74, 6) is -1.51. The van der Waals surface area contributed by atoms with Crippen LogP contribution in [-0.2, 0) is 27.3 Å². The molecule has 7 nitrogen and oxygen atoms in total. The number of amides is 2. The molecule has 136 valence electrons. The lowest BCUT2D eigenvalue weighted by molar-refractivity contribution is -0.152. The Kier molecular flexibility index (Phi) is 5.35. The minimum absolute atomic E-state index is 0.201. The Bertz CT molecular complexity index is 680. The van der Waals surface area contributed by atoms with E-state index in [-0.39, 0.29) is 13.0 Å². The molecule has 1 aliphatic rings. The molecule has 0 radical (unpaired) electrons. The Balaban J connectivity index is 2.13. The first-order valence-electron chi connectivity index (χ1n) is 8.18. The van der Waals surface area contributed by atoms with E-state index in [2.05, 4.69) is 5.32 Å². The van der Waals surface area contributed by atoms with Crippen LogP contribution in [0.1, 0.15) is 38.8 Å². The smallest absolute Gasteiger partial charge is 0.408 e. The highest BCUT2D eigenvalue weighted by atomic mass is 16.6. The van der Waals surface area contributed by atoms with Crippen molar-refractivity contribution in [1.82, 2.24) is 10.2 Å². The van der Waals surface area contributed by atoms with Crippen molar-refractivity contribution in [2.24, 2.45) is 0 Å². The van der Waals surface area contributed by atoms with Gasteiger partial charge in [-0.05, 0) is 38.8 Å². The number of nitrogens with one attached hydrogen (secondary N) is 1. The van der Waals surface area contributed by atoms with Gasteiger partial charge in [-0.2, -0.15) is 0 Å². The number of ether oxygens (including phenoxy) is 1. The van der Waals surface area contributed by atoms with Gasteiger partial charge in [-0.15, -0.1) is 0 Å². The number of alkyl carbamates (subject to hydrolysis) is 1. The average molecular weight is 348 g/mol. The highest BCUT2D eigenvalue weighted by molar-refractivity contribution is 5.89. The van der Waals surface area contributed by atoms with Crippen LogP contribution in [0.5, 0.6) is 0 Å². The van der Waals surface area contributed by atoms with Gasteiger partial charge < -0.3 is 20.1 Å². The molecule has 2 amide bonds. The average Bonchev–Trinajstić information content (AvgIpc) is 2.50. The molecule has 0 unspecified atom stereocenters. The first-order valence-corrected chi connectivity index (χ1v) is 8.18. The summed E-state index contributed by atoms with van der Waals surface area (Å²) in [5.41, 5.74) is 1.16. The van der Waals surface area contributed by atoms with E-state index < -0.39 is 35.7 Å². The van der Waals surface area contributed by atoms with E-state index in [4.69, 9.17) is 4.74 Å². The standard InChI is InChI=1S/C18H24N2O5/c1-11(19-17(24)25-18(2,3)4)15(21)20-10-13-8-6-5-7-12(13)9-14(20)16(22)23/h5-8,11,14H,9-10H2,1-4H3,(H,19,24)(H,22,23)/t11-,14+/m0/s1. The molecule has 0 fully saturated rings. The maximum atomic E-state index is 12.7. The number of carbonyl (C=O) groups excluding carboxylic acids is 2. The molecule has 2 rings (SSSR count). The summed E-state index contributed by atoms with van der Waals surface area (Å²) in [7, 11) is 0. The SMILES string of the molecule is C[C@H](NC(=O)OC(C)(C)C)C(=O)N1Cc2ccccc2C[C@@H]1C(=O)O. The van der Waals surface area contributed by atoms with Crippen LogP contribution < -0.4 is 5.32 Å². The third-order valence-electron chi connectivity index (χ3n) is 3.92. The number of aliphatic carboxylic acids is 1. The van der Waals surface area contributed by atoms with Crippen LogP contribution in [0.3, 0.4) is 0 Å². The Hall–Kier alpha value is -2.57. The zero-order chi connectivity index (χ0) is 18.8. The Labute approximate surface area is 147 Å². The maximum absolute atomic E-state index is 12.7. The number of carboxylic acids is 1. The minimum atomic E-state index is -1.06. The monoisotopic (exact) mass is 348 g/mol. The van der Waals surface area contributed by atoms with E-state index in [0.717, 1.165) is 11.1 Å². The third kappa shape index (κ3) is 4.71. The lowest BCUT2D eigenvalue weighted by Gasteiger charge is -2.36. The van der Waals surface area contributed by atoms with Crippen molar-refractivity contribution >= 4 is 18.0 Å². The lowest BCUT2D eigenvalue weighted by atomic mass is 9.93. The maximum Gasteiger partial charge on any atom is 0.408 e. The second kappa shape index (κ2) is 7.13. The summed E-state index contributed by atoms with van der Waals surface area (Å²) in [6.07, 6.45) is -0.464. The predicted octanol–water partition coefficient (Wildman–Crippen LogP) is 1.94. The molecule has 25 heavy (non-hydrogen) atoms. The summed E-state index contributed by atoms with van der Waals surface area (Å²) in [6.45, 7) is 6.89. The molecule has 0 spiro atoms. The summed E-state index contributed by atoms with van der Waals surface area (Å²) in [5, 5.41) is 12.0. The third-order valence-corrected chi connectivity index (χ3v) is 3.92. The zero-order valence-electron chi connectivity index (χ0n) is 14.9. The summed E-state index contributed by atoms with van der Waals surface area (Å²) in [6, 6.07) is 5.61. The fourth-order valence-electron chi connectivity index (χ4n) is 2.77. The quantitative estimate of drug-likeness (QED) is 0.870. The topological polar surface area (TPSA) is 95.9 Å². The molecule has 1 heterocycles. The second-order valence-corrected chi connectivity index (χ2v) is 7.16. The van der Waals surface area contributed by atoms with Gasteiger partial charge in [-0.25, -0.2) is 9.59 Å². The van der Waals surface area contributed by atoms with E-state index in [1.54, 1.807) is 20.8 Å². The number of fused-ring (bicyclic) bond motifs is 1. The van der Waals surface area contributed by atoms with Gasteiger partial charge in [0, 0.05) is 13.0 Å². The van der Waals surface area contributed by atoms with Crippen LogP contribution in [0.15, 0.2) is 24.3 Å². The molecule has 0 saturated heterocycles. The number of carbonyl (C=O) groups is 3. The van der Waals surface area contributed by atoms with Crippen LogP contribution in [-0.4, -0.2) is 45.7 Å². The molecule has 0 bridgehead atoms. The fourth-order valence-corrected chi connectivity index (χ4v) is 2.77. The number of benzene rings is 1. The summed E-state index contributed by atoms with van der Waals surface area (Å²) < 4.78 is 5.14. The molecule has 7 heteroatoms. The van der Waals surface area contributed by atoms with Crippen LogP contribution in [0.25, 0.3) is 0 Å². The summed E-state index contributed by atoms with van der Waals surface area (Å²) in [4.78, 5) is 37.5. The molecule has 0 saturated carbocycles. The highest BCUT2D eigenvalue weighted by Crippen LogP contribution is 2.24. The van der Waals surface area contributed by atoms with Gasteiger partial charge >= 0.3 is 12.1 Å². The normalized spacial score (nSPS) is 18.1. The largest absolute Gasteiger partial charge is 0.480 e. The van der Waals surface area contributed by atoms with Crippen molar-refractivity contribution in [2.75, 3.05) is 0 Å².